The van der Waals surface area contributed by atoms with Crippen LogP contribution in [0.3, 0.4) is 0 Å². The van der Waals surface area contributed by atoms with Crippen molar-refractivity contribution in [2.24, 2.45) is 9.98 Å². The fourth-order valence-electron chi connectivity index (χ4n) is 2.25. The summed E-state index contributed by atoms with van der Waals surface area (Å²) in [6.07, 6.45) is 3.24. The van der Waals surface area contributed by atoms with Crippen LogP contribution >= 0.6 is 0 Å². The number of nitrogens with zero attached hydrogens (tertiary/aromatic N) is 3. The first-order valence-electron chi connectivity index (χ1n) is 7.28. The molecule has 0 amide bonds. The molecule has 3 nitrogen and oxygen atoms in total. The van der Waals surface area contributed by atoms with Crippen molar-refractivity contribution >= 4 is 16.6 Å². The second-order valence-corrected chi connectivity index (χ2v) is 6.48. The third-order valence-corrected chi connectivity index (χ3v) is 5.01. The van der Waals surface area contributed by atoms with Crippen LogP contribution in [0.1, 0.15) is 32.3 Å². The van der Waals surface area contributed by atoms with Crippen LogP contribution in [-0.4, -0.2) is 28.0 Å². The Balaban J connectivity index is 2.29. The number of hydrogen-bond donors (Lipinski definition) is 0. The van der Waals surface area contributed by atoms with Gasteiger partial charge < -0.3 is 0 Å². The summed E-state index contributed by atoms with van der Waals surface area (Å²) in [5, 5.41) is 0. The summed E-state index contributed by atoms with van der Waals surface area (Å²) in [7, 11) is 0. The van der Waals surface area contributed by atoms with Gasteiger partial charge in [0.15, 0.2) is 0 Å². The molecule has 0 atom stereocenters. The zero-order valence-corrected chi connectivity index (χ0v) is 15.6. The molecule has 0 fully saturated rings. The third-order valence-electron chi connectivity index (χ3n) is 3.52. The minimum absolute atomic E-state index is 0.870. The SMILES string of the molecule is C=N/C(C)=C1/N=C(Cc2ccccc2)N(CCCC)[C]1=[W]. The molecule has 2 rings (SSSR count). The van der Waals surface area contributed by atoms with Crippen molar-refractivity contribution in [1.82, 2.24) is 4.90 Å². The van der Waals surface area contributed by atoms with Crippen LogP contribution in [-0.2, 0) is 25.8 Å². The maximum atomic E-state index is 4.84. The van der Waals surface area contributed by atoms with Gasteiger partial charge in [-0.2, -0.15) is 0 Å². The molecular formula is C17H21N3W. The number of aliphatic imine (C=N–C) groups is 2. The molecular weight excluding hydrogens is 430 g/mol. The summed E-state index contributed by atoms with van der Waals surface area (Å²) in [6, 6.07) is 10.5. The van der Waals surface area contributed by atoms with E-state index in [2.05, 4.69) is 47.8 Å². The van der Waals surface area contributed by atoms with Gasteiger partial charge in [0.2, 0.25) is 0 Å². The average Bonchev–Trinajstić information content (AvgIpc) is 2.81. The topological polar surface area (TPSA) is 28.0 Å². The Bertz CT molecular complexity index is 587. The monoisotopic (exact) mass is 451 g/mol. The van der Waals surface area contributed by atoms with Crippen LogP contribution < -0.4 is 0 Å². The van der Waals surface area contributed by atoms with Crippen molar-refractivity contribution in [1.29, 1.82) is 0 Å². The molecule has 1 aromatic rings. The van der Waals surface area contributed by atoms with Gasteiger partial charge in [0.05, 0.1) is 0 Å². The Labute approximate surface area is 137 Å². The molecule has 0 unspecified atom stereocenters. The molecule has 0 saturated carbocycles. The third kappa shape index (κ3) is 3.85. The van der Waals surface area contributed by atoms with E-state index in [1.165, 1.54) is 41.8 Å². The fourth-order valence-corrected chi connectivity index (χ4v) is 3.65. The Morgan fingerprint density at radius 1 is 1.33 bits per heavy atom. The zero-order chi connectivity index (χ0) is 15.2. The van der Waals surface area contributed by atoms with Gasteiger partial charge >= 0.3 is 138 Å². The van der Waals surface area contributed by atoms with Gasteiger partial charge in [-0.05, 0) is 0 Å². The van der Waals surface area contributed by atoms with E-state index < -0.39 is 0 Å². The molecule has 1 heterocycles. The molecule has 0 spiro atoms. The van der Waals surface area contributed by atoms with E-state index in [1.807, 2.05) is 13.0 Å². The van der Waals surface area contributed by atoms with E-state index in [-0.39, 0.29) is 0 Å². The first kappa shape index (κ1) is 16.0. The van der Waals surface area contributed by atoms with Crippen molar-refractivity contribution in [3.63, 3.8) is 0 Å². The minimum atomic E-state index is 0.870. The number of hydrogen-bond acceptors (Lipinski definition) is 3. The second kappa shape index (κ2) is 7.61. The molecule has 0 N–H and O–H groups in total. The quantitative estimate of drug-likeness (QED) is 0.610. The van der Waals surface area contributed by atoms with Crippen molar-refractivity contribution in [2.75, 3.05) is 6.54 Å². The number of unbranched alkanes of at least 4 members (excludes halogenated alkanes) is 1. The predicted molar refractivity (Wildman–Crippen MR) is 86.5 cm³/mol. The number of allylic oxidation sites excluding steroid dienone is 1. The van der Waals surface area contributed by atoms with Gasteiger partial charge in [-0.3, -0.25) is 0 Å². The summed E-state index contributed by atoms with van der Waals surface area (Å²) >= 11 is 1.44. The van der Waals surface area contributed by atoms with Gasteiger partial charge in [-0.15, -0.1) is 0 Å². The van der Waals surface area contributed by atoms with Crippen LogP contribution in [0.5, 0.6) is 0 Å². The number of rotatable bonds is 6. The van der Waals surface area contributed by atoms with Gasteiger partial charge in [-0.25, -0.2) is 0 Å². The molecule has 1 aliphatic heterocycles. The predicted octanol–water partition coefficient (Wildman–Crippen LogP) is 3.35. The van der Waals surface area contributed by atoms with Crippen molar-refractivity contribution in [3.05, 3.63) is 47.3 Å². The molecule has 0 saturated heterocycles. The molecule has 1 aromatic carbocycles. The van der Waals surface area contributed by atoms with Crippen LogP contribution in [0.2, 0.25) is 0 Å². The molecule has 0 bridgehead atoms. The Morgan fingerprint density at radius 2 is 2.05 bits per heavy atom. The van der Waals surface area contributed by atoms with Gasteiger partial charge in [0.1, 0.15) is 0 Å². The molecule has 110 valence electrons. The first-order chi connectivity index (χ1) is 10.2. The van der Waals surface area contributed by atoms with Crippen LogP contribution in [0, 0.1) is 0 Å². The zero-order valence-electron chi connectivity index (χ0n) is 12.7. The van der Waals surface area contributed by atoms with E-state index in [1.54, 1.807) is 0 Å². The van der Waals surface area contributed by atoms with Crippen molar-refractivity contribution in [3.8, 4) is 0 Å². The maximum absolute atomic E-state index is 4.84. The Morgan fingerprint density at radius 3 is 2.67 bits per heavy atom. The van der Waals surface area contributed by atoms with E-state index >= 15 is 0 Å². The number of benzene rings is 1. The van der Waals surface area contributed by atoms with Gasteiger partial charge in [0.25, 0.3) is 0 Å². The normalized spacial score (nSPS) is 17.0. The first-order valence-corrected chi connectivity index (χ1v) is 8.75. The number of amidine groups is 1. The average molecular weight is 451 g/mol. The van der Waals surface area contributed by atoms with Crippen LogP contribution in [0.25, 0.3) is 0 Å². The fraction of sp³-hybridized carbons (Fsp3) is 0.353. The molecule has 0 aromatic heterocycles. The van der Waals surface area contributed by atoms with E-state index in [0.29, 0.717) is 0 Å². The summed E-state index contributed by atoms with van der Waals surface area (Å²) in [4.78, 5) is 11.3. The summed E-state index contributed by atoms with van der Waals surface area (Å²) in [5.74, 6) is 1.14. The summed E-state index contributed by atoms with van der Waals surface area (Å²) in [6.45, 7) is 8.88. The molecule has 21 heavy (non-hydrogen) atoms. The van der Waals surface area contributed by atoms with Crippen LogP contribution in [0.15, 0.2) is 51.7 Å². The van der Waals surface area contributed by atoms with Crippen LogP contribution in [0.4, 0.5) is 0 Å². The molecule has 4 heteroatoms. The van der Waals surface area contributed by atoms with E-state index in [9.17, 15) is 0 Å². The second-order valence-electron chi connectivity index (χ2n) is 5.09. The Hall–Kier alpha value is -1.34. The Kier molecular flexibility index (Phi) is 5.81. The van der Waals surface area contributed by atoms with Crippen molar-refractivity contribution in [2.45, 2.75) is 33.1 Å². The molecule has 0 radical (unpaired) electrons. The summed E-state index contributed by atoms with van der Waals surface area (Å²) < 4.78 is 1.28. The van der Waals surface area contributed by atoms with Gasteiger partial charge in [-0.1, -0.05) is 0 Å². The van der Waals surface area contributed by atoms with E-state index in [4.69, 9.17) is 4.99 Å². The van der Waals surface area contributed by atoms with Crippen molar-refractivity contribution < 1.29 is 19.4 Å². The van der Waals surface area contributed by atoms with Gasteiger partial charge in [0, 0.05) is 0 Å². The summed E-state index contributed by atoms with van der Waals surface area (Å²) in [5.41, 5.74) is 3.23. The molecule has 1 aliphatic rings. The standard InChI is InChI=1S/C17H21N3.W/c1-4-5-11-20-13-16(14(2)18-3)19-17(20)12-15-9-7-6-8-10-15;/h6-10H,3-5,11-12H2,1-2H3;/b16-14+;. The molecule has 0 aliphatic carbocycles. The van der Waals surface area contributed by atoms with E-state index in [0.717, 1.165) is 30.2 Å².